The van der Waals surface area contributed by atoms with Crippen molar-refractivity contribution in [1.82, 2.24) is 9.88 Å². The van der Waals surface area contributed by atoms with Crippen LogP contribution in [-0.2, 0) is 19.2 Å². The number of unbranched alkanes of at least 4 members (excludes halogenated alkanes) is 2. The van der Waals surface area contributed by atoms with Gasteiger partial charge in [0.05, 0.1) is 26.9 Å². The molecule has 2 saturated carbocycles. The lowest BCUT2D eigenvalue weighted by Gasteiger charge is -2.43. The fourth-order valence-electron chi connectivity index (χ4n) is 8.18. The smallest absolute Gasteiger partial charge is 0.305 e. The Balaban J connectivity index is 1.15. The Morgan fingerprint density at radius 2 is 1.75 bits per heavy atom. The number of likely N-dealkylation sites (tertiary alicyclic amines) is 1. The van der Waals surface area contributed by atoms with Crippen LogP contribution in [0.5, 0.6) is 5.75 Å². The zero-order chi connectivity index (χ0) is 33.9. The van der Waals surface area contributed by atoms with Gasteiger partial charge in [-0.15, -0.1) is 11.8 Å². The number of H-pyrrole nitrogens is 1. The summed E-state index contributed by atoms with van der Waals surface area (Å²) in [5.74, 6) is -2.62. The monoisotopic (exact) mass is 749 g/mol. The molecule has 4 aliphatic rings. The van der Waals surface area contributed by atoms with E-state index in [1.54, 1.807) is 48.2 Å². The largest absolute Gasteiger partial charge is 0.483 e. The minimum atomic E-state index is -0.862. The standard InChI is InChI=1S/C33H30Cl3N3O7S2/c34-14-5-8-21(46-13-22(40)37-15-6-7-19(35)20(36)11-15)16(10-14)24-25-17-12-18(28(25)47-30-29(24)48-33(45)38-30)27-26(17)31(43)39(32(27)44)9-3-1-2-4-23(41)42/h5-8,10-11,17-18,24-28H,1-4,9,12-13H2,(H,37,40)(H,38,45)(H,41,42)/t17?,18?,24-,25?,26?,27?,28?/m1/s1. The van der Waals surface area contributed by atoms with Crippen molar-refractivity contribution < 1.29 is 29.0 Å². The molecule has 0 radical (unpaired) electrons. The zero-order valence-corrected chi connectivity index (χ0v) is 29.2. The molecule has 0 spiro atoms. The fraction of sp³-hybridized carbons (Fsp3) is 0.424. The van der Waals surface area contributed by atoms with Crippen molar-refractivity contribution >= 4 is 87.3 Å². The van der Waals surface area contributed by atoms with Gasteiger partial charge in [-0.2, -0.15) is 0 Å². The molecule has 2 aliphatic carbocycles. The van der Waals surface area contributed by atoms with E-state index >= 15 is 0 Å². The first-order valence-electron chi connectivity index (χ1n) is 15.7. The van der Waals surface area contributed by atoms with E-state index in [1.807, 2.05) is 0 Å². The first-order chi connectivity index (χ1) is 23.0. The number of carbonyl (C=O) groups is 4. The normalized spacial score (nSPS) is 26.7. The van der Waals surface area contributed by atoms with Crippen molar-refractivity contribution in [3.63, 3.8) is 0 Å². The molecule has 3 amide bonds. The number of nitrogens with one attached hydrogen (secondary N) is 2. The Hall–Kier alpha value is -3.03. The van der Waals surface area contributed by atoms with Gasteiger partial charge in [-0.25, -0.2) is 0 Å². The number of imide groups is 1. The molecule has 2 aliphatic heterocycles. The first kappa shape index (κ1) is 33.5. The SMILES string of the molecule is O=C(O)CCCCCN1C(=O)C2C3CC(C2C1=O)C1C3Sc2[nH]c(=O)sc2[C@@H]1c1cc(Cl)ccc1OCC(=O)Nc1ccc(Cl)c(Cl)c1. The molecule has 1 aromatic heterocycles. The number of aromatic amines is 1. The van der Waals surface area contributed by atoms with E-state index in [0.717, 1.165) is 27.7 Å². The van der Waals surface area contributed by atoms with Crippen molar-refractivity contribution in [1.29, 1.82) is 0 Å². The summed E-state index contributed by atoms with van der Waals surface area (Å²) in [6.07, 6.45) is 2.45. The summed E-state index contributed by atoms with van der Waals surface area (Å²) in [7, 11) is 0. The van der Waals surface area contributed by atoms with Crippen LogP contribution in [0.15, 0.2) is 46.2 Å². The van der Waals surface area contributed by atoms with Gasteiger partial charge in [0.1, 0.15) is 5.75 Å². The molecule has 3 aromatic rings. The van der Waals surface area contributed by atoms with E-state index < -0.39 is 23.7 Å². The first-order valence-corrected chi connectivity index (χ1v) is 18.5. The molecule has 2 bridgehead atoms. The number of aliphatic carboxylic acids is 1. The third kappa shape index (κ3) is 6.04. The van der Waals surface area contributed by atoms with Crippen LogP contribution in [-0.4, -0.2) is 57.1 Å². The van der Waals surface area contributed by atoms with Crippen molar-refractivity contribution in [2.75, 3.05) is 18.5 Å². The van der Waals surface area contributed by atoms with E-state index in [9.17, 15) is 24.0 Å². The second-order valence-electron chi connectivity index (χ2n) is 12.6. The van der Waals surface area contributed by atoms with Gasteiger partial charge in [-0.05, 0) is 73.4 Å². The summed E-state index contributed by atoms with van der Waals surface area (Å²) < 4.78 is 6.12. The molecular weight excluding hydrogens is 721 g/mol. The summed E-state index contributed by atoms with van der Waals surface area (Å²) >= 11 is 21.4. The number of carbonyl (C=O) groups excluding carboxylic acids is 3. The minimum absolute atomic E-state index is 0.0314. The van der Waals surface area contributed by atoms with Gasteiger partial charge < -0.3 is 20.1 Å². The van der Waals surface area contributed by atoms with E-state index in [2.05, 4.69) is 10.3 Å². The third-order valence-electron chi connectivity index (χ3n) is 9.96. The molecule has 10 nitrogen and oxygen atoms in total. The second-order valence-corrected chi connectivity index (χ2v) is 16.1. The van der Waals surface area contributed by atoms with E-state index in [-0.39, 0.29) is 65.2 Å². The lowest BCUT2D eigenvalue weighted by molar-refractivity contribution is -0.141. The van der Waals surface area contributed by atoms with E-state index in [0.29, 0.717) is 51.3 Å². The molecule has 2 aromatic carbocycles. The highest BCUT2D eigenvalue weighted by Gasteiger charge is 2.69. The lowest BCUT2D eigenvalue weighted by atomic mass is 9.68. The van der Waals surface area contributed by atoms with Gasteiger partial charge in [-0.3, -0.25) is 28.9 Å². The zero-order valence-electron chi connectivity index (χ0n) is 25.2. The van der Waals surface area contributed by atoms with Crippen LogP contribution < -0.4 is 14.9 Å². The van der Waals surface area contributed by atoms with E-state index in [1.165, 1.54) is 4.90 Å². The number of benzene rings is 2. The van der Waals surface area contributed by atoms with Crippen molar-refractivity contribution in [3.05, 3.63) is 71.6 Å². The number of fused-ring (bicyclic) bond motifs is 9. The third-order valence-corrected chi connectivity index (χ3v) is 13.5. The number of thiazole rings is 1. The number of nitrogens with zero attached hydrogens (tertiary/aromatic N) is 1. The van der Waals surface area contributed by atoms with Crippen molar-refractivity contribution in [3.8, 4) is 5.75 Å². The summed E-state index contributed by atoms with van der Waals surface area (Å²) in [5, 5.41) is 13.5. The number of thioether (sulfide) groups is 1. The number of carboxylic acid groups (broad SMARTS) is 1. The van der Waals surface area contributed by atoms with Gasteiger partial charge in [0, 0.05) is 45.3 Å². The molecule has 1 saturated heterocycles. The summed E-state index contributed by atoms with van der Waals surface area (Å²) in [5.41, 5.74) is 1.18. The molecule has 15 heteroatoms. The number of aromatic nitrogens is 1. The molecule has 6 unspecified atom stereocenters. The number of hydrogen-bond donors (Lipinski definition) is 3. The highest BCUT2D eigenvalue weighted by molar-refractivity contribution is 8.00. The molecular formula is C33H30Cl3N3O7S2. The van der Waals surface area contributed by atoms with Gasteiger partial charge in [0.15, 0.2) is 6.61 Å². The van der Waals surface area contributed by atoms with Crippen molar-refractivity contribution in [2.24, 2.45) is 29.6 Å². The maximum atomic E-state index is 13.9. The second kappa shape index (κ2) is 13.4. The van der Waals surface area contributed by atoms with E-state index in [4.69, 9.17) is 44.6 Å². The van der Waals surface area contributed by atoms with Gasteiger partial charge in [0.25, 0.3) is 5.91 Å². The van der Waals surface area contributed by atoms with Gasteiger partial charge in [-0.1, -0.05) is 52.6 Å². The average molecular weight is 751 g/mol. The Bertz CT molecular complexity index is 1880. The Labute approximate surface area is 298 Å². The highest BCUT2D eigenvalue weighted by Crippen LogP contribution is 2.69. The summed E-state index contributed by atoms with van der Waals surface area (Å²) in [6.45, 7) is -0.0291. The van der Waals surface area contributed by atoms with Crippen LogP contribution in [0.25, 0.3) is 0 Å². The number of hydrogen-bond acceptors (Lipinski definition) is 8. The van der Waals surface area contributed by atoms with Gasteiger partial charge >= 0.3 is 10.8 Å². The number of ether oxygens (including phenoxy) is 1. The molecule has 252 valence electrons. The number of amides is 3. The lowest BCUT2D eigenvalue weighted by Crippen LogP contribution is -2.42. The number of carboxylic acids is 1. The molecule has 48 heavy (non-hydrogen) atoms. The van der Waals surface area contributed by atoms with Crippen LogP contribution in [0, 0.1) is 29.6 Å². The average Bonchev–Trinajstić information content (AvgIpc) is 3.77. The molecule has 3 N–H and O–H groups in total. The number of halogens is 3. The van der Waals surface area contributed by atoms with Crippen LogP contribution in [0.1, 0.15) is 48.5 Å². The predicted molar refractivity (Wildman–Crippen MR) is 183 cm³/mol. The van der Waals surface area contributed by atoms with Crippen LogP contribution >= 0.6 is 57.9 Å². The Morgan fingerprint density at radius 3 is 2.50 bits per heavy atom. The minimum Gasteiger partial charge on any atom is -0.483 e. The van der Waals surface area contributed by atoms with Crippen LogP contribution in [0.2, 0.25) is 15.1 Å². The van der Waals surface area contributed by atoms with Crippen molar-refractivity contribution in [2.45, 2.75) is 48.3 Å². The molecule has 3 heterocycles. The van der Waals surface area contributed by atoms with Crippen LogP contribution in [0.3, 0.4) is 0 Å². The predicted octanol–water partition coefficient (Wildman–Crippen LogP) is 6.53. The summed E-state index contributed by atoms with van der Waals surface area (Å²) in [6, 6.07) is 9.95. The van der Waals surface area contributed by atoms with Crippen LogP contribution in [0.4, 0.5) is 5.69 Å². The highest BCUT2D eigenvalue weighted by atomic mass is 35.5. The molecule has 3 fully saturated rings. The Kier molecular flexibility index (Phi) is 9.31. The maximum Gasteiger partial charge on any atom is 0.305 e. The topological polar surface area (TPSA) is 146 Å². The number of anilines is 1. The molecule has 7 rings (SSSR count). The summed E-state index contributed by atoms with van der Waals surface area (Å²) in [4.78, 5) is 69.1. The fourth-order valence-corrected chi connectivity index (χ4v) is 11.5. The Morgan fingerprint density at radius 1 is 0.979 bits per heavy atom. The quantitative estimate of drug-likeness (QED) is 0.148. The molecule has 7 atom stereocenters. The maximum absolute atomic E-state index is 13.9. The number of rotatable bonds is 11. The van der Waals surface area contributed by atoms with Gasteiger partial charge in [0.2, 0.25) is 11.8 Å².